The summed E-state index contributed by atoms with van der Waals surface area (Å²) in [5.41, 5.74) is 1.04. The van der Waals surface area contributed by atoms with Gasteiger partial charge >= 0.3 is 0 Å². The van der Waals surface area contributed by atoms with E-state index in [1.807, 2.05) is 63.2 Å². The number of benzene rings is 4. The standard InChI is InChI=1S/C35H39N3O6S/c1-5-33(35(40)36-26(2)3)37(24-27-16-20-29(43-4)21-17-27)34(39)25-38(45(41,42)32-14-10-7-11-15-32)28-18-22-31(23-19-28)44-30-12-8-6-9-13-30/h6-23,26,33H,5,24-25H2,1-4H3,(H,36,40). The summed E-state index contributed by atoms with van der Waals surface area (Å²) in [4.78, 5) is 29.0. The van der Waals surface area contributed by atoms with Crippen LogP contribution in [0.2, 0.25) is 0 Å². The molecule has 4 rings (SSSR count). The maximum absolute atomic E-state index is 14.2. The summed E-state index contributed by atoms with van der Waals surface area (Å²) in [6.45, 7) is 5.08. The molecule has 10 heteroatoms. The van der Waals surface area contributed by atoms with Gasteiger partial charge in [0.1, 0.15) is 29.8 Å². The van der Waals surface area contributed by atoms with E-state index in [2.05, 4.69) is 5.32 Å². The van der Waals surface area contributed by atoms with Crippen LogP contribution in [0.25, 0.3) is 0 Å². The van der Waals surface area contributed by atoms with Gasteiger partial charge in [0.05, 0.1) is 17.7 Å². The normalized spacial score (nSPS) is 11.8. The average Bonchev–Trinajstić information content (AvgIpc) is 3.04. The first-order valence-corrected chi connectivity index (χ1v) is 16.2. The molecule has 0 saturated carbocycles. The van der Waals surface area contributed by atoms with Crippen molar-refractivity contribution in [3.8, 4) is 17.2 Å². The van der Waals surface area contributed by atoms with E-state index in [-0.39, 0.29) is 29.1 Å². The Kier molecular flexibility index (Phi) is 11.2. The van der Waals surface area contributed by atoms with Crippen molar-refractivity contribution in [2.75, 3.05) is 18.0 Å². The fourth-order valence-corrected chi connectivity index (χ4v) is 6.22. The zero-order chi connectivity index (χ0) is 32.4. The minimum absolute atomic E-state index is 0.0358. The highest BCUT2D eigenvalue weighted by atomic mass is 32.2. The molecule has 0 heterocycles. The molecule has 1 atom stereocenters. The fourth-order valence-electron chi connectivity index (χ4n) is 4.78. The van der Waals surface area contributed by atoms with Gasteiger partial charge in [-0.25, -0.2) is 8.42 Å². The first kappa shape index (κ1) is 33.1. The Balaban J connectivity index is 1.71. The summed E-state index contributed by atoms with van der Waals surface area (Å²) in [7, 11) is -2.61. The highest BCUT2D eigenvalue weighted by Crippen LogP contribution is 2.29. The van der Waals surface area contributed by atoms with E-state index in [1.54, 1.807) is 61.7 Å². The summed E-state index contributed by atoms with van der Waals surface area (Å²) < 4.78 is 40.3. The molecule has 45 heavy (non-hydrogen) atoms. The Morgan fingerprint density at radius 3 is 1.89 bits per heavy atom. The molecular weight excluding hydrogens is 590 g/mol. The molecule has 0 aliphatic heterocycles. The molecular formula is C35H39N3O6S. The third kappa shape index (κ3) is 8.63. The number of amides is 2. The highest BCUT2D eigenvalue weighted by Gasteiger charge is 2.33. The first-order chi connectivity index (χ1) is 21.6. The number of ether oxygens (including phenoxy) is 2. The van der Waals surface area contributed by atoms with Crippen molar-refractivity contribution in [1.82, 2.24) is 10.2 Å². The SMILES string of the molecule is CCC(C(=O)NC(C)C)N(Cc1ccc(OC)cc1)C(=O)CN(c1ccc(Oc2ccccc2)cc1)S(=O)(=O)c1ccccc1. The van der Waals surface area contributed by atoms with Crippen molar-refractivity contribution in [2.24, 2.45) is 0 Å². The Bertz CT molecular complexity index is 1650. The molecule has 0 aliphatic rings. The second-order valence-electron chi connectivity index (χ2n) is 10.7. The summed E-state index contributed by atoms with van der Waals surface area (Å²) in [6, 6.07) is 29.9. The minimum atomic E-state index is -4.18. The van der Waals surface area contributed by atoms with Crippen LogP contribution < -0.4 is 19.1 Å². The molecule has 9 nitrogen and oxygen atoms in total. The lowest BCUT2D eigenvalue weighted by atomic mass is 10.1. The lowest BCUT2D eigenvalue weighted by Crippen LogP contribution is -2.53. The average molecular weight is 630 g/mol. The number of para-hydroxylation sites is 1. The molecule has 0 spiro atoms. The minimum Gasteiger partial charge on any atom is -0.497 e. The van der Waals surface area contributed by atoms with Crippen LogP contribution >= 0.6 is 0 Å². The van der Waals surface area contributed by atoms with Crippen LogP contribution in [0.5, 0.6) is 17.2 Å². The molecule has 4 aromatic carbocycles. The molecule has 236 valence electrons. The number of nitrogens with zero attached hydrogens (tertiary/aromatic N) is 2. The Morgan fingerprint density at radius 1 is 0.778 bits per heavy atom. The molecule has 0 aliphatic carbocycles. The monoisotopic (exact) mass is 629 g/mol. The zero-order valence-electron chi connectivity index (χ0n) is 25.9. The van der Waals surface area contributed by atoms with Crippen LogP contribution in [-0.4, -0.2) is 50.9 Å². The molecule has 0 bridgehead atoms. The predicted octanol–water partition coefficient (Wildman–Crippen LogP) is 6.01. The number of carbonyl (C=O) groups is 2. The summed E-state index contributed by atoms with van der Waals surface area (Å²) >= 11 is 0. The number of methoxy groups -OCH3 is 1. The molecule has 2 amide bonds. The maximum atomic E-state index is 14.2. The largest absolute Gasteiger partial charge is 0.497 e. The lowest BCUT2D eigenvalue weighted by Gasteiger charge is -2.33. The topological polar surface area (TPSA) is 105 Å². The van der Waals surface area contributed by atoms with Crippen LogP contribution in [0, 0.1) is 0 Å². The van der Waals surface area contributed by atoms with Crippen molar-refractivity contribution in [1.29, 1.82) is 0 Å². The molecule has 0 radical (unpaired) electrons. The summed E-state index contributed by atoms with van der Waals surface area (Å²) in [5.74, 6) is 0.954. The predicted molar refractivity (Wildman–Crippen MR) is 175 cm³/mol. The Hall–Kier alpha value is -4.83. The van der Waals surface area contributed by atoms with Gasteiger partial charge in [-0.3, -0.25) is 13.9 Å². The number of sulfonamides is 1. The third-order valence-corrected chi connectivity index (χ3v) is 8.83. The van der Waals surface area contributed by atoms with Gasteiger partial charge in [0.15, 0.2) is 0 Å². The Labute approximate surface area is 265 Å². The molecule has 4 aromatic rings. The molecule has 0 aromatic heterocycles. The van der Waals surface area contributed by atoms with Gasteiger partial charge in [0.25, 0.3) is 10.0 Å². The maximum Gasteiger partial charge on any atom is 0.264 e. The van der Waals surface area contributed by atoms with E-state index in [0.29, 0.717) is 23.7 Å². The number of carbonyl (C=O) groups excluding carboxylic acids is 2. The van der Waals surface area contributed by atoms with Crippen LogP contribution in [0.3, 0.4) is 0 Å². The zero-order valence-corrected chi connectivity index (χ0v) is 26.7. The highest BCUT2D eigenvalue weighted by molar-refractivity contribution is 7.92. The van der Waals surface area contributed by atoms with E-state index >= 15 is 0 Å². The van der Waals surface area contributed by atoms with E-state index in [1.165, 1.54) is 17.0 Å². The summed E-state index contributed by atoms with van der Waals surface area (Å²) in [6.07, 6.45) is 0.331. The lowest BCUT2D eigenvalue weighted by molar-refractivity contribution is -0.140. The van der Waals surface area contributed by atoms with Crippen LogP contribution in [-0.2, 0) is 26.2 Å². The van der Waals surface area contributed by atoms with Gasteiger partial charge in [-0.1, -0.05) is 55.5 Å². The second-order valence-corrected chi connectivity index (χ2v) is 12.6. The van der Waals surface area contributed by atoms with Crippen molar-refractivity contribution in [3.05, 3.63) is 115 Å². The third-order valence-electron chi connectivity index (χ3n) is 7.04. The number of anilines is 1. The Morgan fingerprint density at radius 2 is 1.33 bits per heavy atom. The quantitative estimate of drug-likeness (QED) is 0.183. The number of nitrogens with one attached hydrogen (secondary N) is 1. The summed E-state index contributed by atoms with van der Waals surface area (Å²) in [5, 5.41) is 2.90. The molecule has 0 saturated heterocycles. The van der Waals surface area contributed by atoms with Crippen LogP contribution in [0.1, 0.15) is 32.8 Å². The number of hydrogen-bond acceptors (Lipinski definition) is 6. The van der Waals surface area contributed by atoms with Gasteiger partial charge < -0.3 is 19.7 Å². The van der Waals surface area contributed by atoms with Gasteiger partial charge in [-0.2, -0.15) is 0 Å². The number of rotatable bonds is 14. The molecule has 1 unspecified atom stereocenters. The van der Waals surface area contributed by atoms with Gasteiger partial charge in [-0.05, 0) is 86.5 Å². The van der Waals surface area contributed by atoms with Crippen LogP contribution in [0.15, 0.2) is 114 Å². The van der Waals surface area contributed by atoms with Gasteiger partial charge in [0, 0.05) is 12.6 Å². The second kappa shape index (κ2) is 15.3. The fraction of sp³-hybridized carbons (Fsp3) is 0.257. The van der Waals surface area contributed by atoms with E-state index in [4.69, 9.17) is 9.47 Å². The van der Waals surface area contributed by atoms with E-state index in [9.17, 15) is 18.0 Å². The molecule has 0 fully saturated rings. The van der Waals surface area contributed by atoms with Gasteiger partial charge in [-0.15, -0.1) is 0 Å². The molecule has 1 N–H and O–H groups in total. The van der Waals surface area contributed by atoms with E-state index < -0.39 is 28.5 Å². The van der Waals surface area contributed by atoms with Crippen molar-refractivity contribution in [2.45, 2.75) is 50.7 Å². The van der Waals surface area contributed by atoms with Crippen LogP contribution in [0.4, 0.5) is 5.69 Å². The number of hydrogen-bond donors (Lipinski definition) is 1. The van der Waals surface area contributed by atoms with Gasteiger partial charge in [0.2, 0.25) is 11.8 Å². The van der Waals surface area contributed by atoms with Crippen molar-refractivity contribution in [3.63, 3.8) is 0 Å². The smallest absolute Gasteiger partial charge is 0.264 e. The van der Waals surface area contributed by atoms with Crippen molar-refractivity contribution < 1.29 is 27.5 Å². The first-order valence-electron chi connectivity index (χ1n) is 14.8. The van der Waals surface area contributed by atoms with Crippen molar-refractivity contribution >= 4 is 27.5 Å². The van der Waals surface area contributed by atoms with E-state index in [0.717, 1.165) is 9.87 Å².